The molecule has 0 saturated heterocycles. The zero-order valence-corrected chi connectivity index (χ0v) is 8.71. The molecule has 3 N–H and O–H groups in total. The quantitative estimate of drug-likeness (QED) is 0.726. The molecular weight excluding hydrogens is 182 g/mol. The van der Waals surface area contributed by atoms with Gasteiger partial charge < -0.3 is 10.8 Å². The van der Waals surface area contributed by atoms with Crippen LogP contribution in [0.2, 0.25) is 0 Å². The molecule has 3 heteroatoms. The first-order valence-corrected chi connectivity index (χ1v) is 5.46. The van der Waals surface area contributed by atoms with Gasteiger partial charge in [0.25, 0.3) is 0 Å². The molecule has 0 spiro atoms. The fraction of sp³-hybridized carbons (Fsp3) is 0.400. The van der Waals surface area contributed by atoms with Crippen LogP contribution in [0.4, 0.5) is 0 Å². The fourth-order valence-electron chi connectivity index (χ4n) is 1.20. The standard InChI is InChI=1S/C10H15NOS/c1-7(12)10(11)8-5-3-4-6-9(8)13-2/h3-7,10,12H,11H2,1-2H3. The van der Waals surface area contributed by atoms with Crippen LogP contribution in [0.5, 0.6) is 0 Å². The second kappa shape index (κ2) is 4.65. The van der Waals surface area contributed by atoms with Crippen LogP contribution in [0.1, 0.15) is 18.5 Å². The number of aliphatic hydroxyl groups excluding tert-OH is 1. The van der Waals surface area contributed by atoms with Crippen LogP contribution in [0, 0.1) is 0 Å². The Hall–Kier alpha value is -0.510. The Labute approximate surface area is 83.1 Å². The van der Waals surface area contributed by atoms with E-state index >= 15 is 0 Å². The van der Waals surface area contributed by atoms with E-state index < -0.39 is 6.10 Å². The van der Waals surface area contributed by atoms with Gasteiger partial charge in [-0.15, -0.1) is 11.8 Å². The molecule has 0 aliphatic carbocycles. The molecule has 0 aliphatic rings. The lowest BCUT2D eigenvalue weighted by Gasteiger charge is -2.17. The van der Waals surface area contributed by atoms with Crippen molar-refractivity contribution in [2.75, 3.05) is 6.26 Å². The van der Waals surface area contributed by atoms with Crippen LogP contribution in [0.25, 0.3) is 0 Å². The van der Waals surface area contributed by atoms with Crippen molar-refractivity contribution in [2.24, 2.45) is 5.73 Å². The zero-order valence-electron chi connectivity index (χ0n) is 7.90. The molecule has 0 fully saturated rings. The normalized spacial score (nSPS) is 15.4. The van der Waals surface area contributed by atoms with Crippen LogP contribution in [-0.2, 0) is 0 Å². The Morgan fingerprint density at radius 1 is 1.38 bits per heavy atom. The maximum Gasteiger partial charge on any atom is 0.0705 e. The molecule has 0 heterocycles. The van der Waals surface area contributed by atoms with Crippen molar-refractivity contribution < 1.29 is 5.11 Å². The minimum atomic E-state index is -0.506. The summed E-state index contributed by atoms with van der Waals surface area (Å²) < 4.78 is 0. The topological polar surface area (TPSA) is 46.2 Å². The summed E-state index contributed by atoms with van der Waals surface area (Å²) in [5.74, 6) is 0. The van der Waals surface area contributed by atoms with E-state index in [9.17, 15) is 5.11 Å². The second-order valence-electron chi connectivity index (χ2n) is 3.01. The van der Waals surface area contributed by atoms with E-state index in [4.69, 9.17) is 5.73 Å². The number of aliphatic hydroxyl groups is 1. The van der Waals surface area contributed by atoms with Gasteiger partial charge in [-0.1, -0.05) is 18.2 Å². The first-order valence-electron chi connectivity index (χ1n) is 4.23. The molecule has 0 bridgehead atoms. The molecule has 0 aromatic heterocycles. The highest BCUT2D eigenvalue weighted by molar-refractivity contribution is 7.98. The van der Waals surface area contributed by atoms with Crippen molar-refractivity contribution in [3.63, 3.8) is 0 Å². The predicted molar refractivity (Wildman–Crippen MR) is 56.8 cm³/mol. The average Bonchev–Trinajstić information content (AvgIpc) is 2.16. The molecule has 13 heavy (non-hydrogen) atoms. The first-order chi connectivity index (χ1) is 6.16. The average molecular weight is 197 g/mol. The highest BCUT2D eigenvalue weighted by Crippen LogP contribution is 2.25. The lowest BCUT2D eigenvalue weighted by Crippen LogP contribution is -2.23. The van der Waals surface area contributed by atoms with E-state index in [1.54, 1.807) is 18.7 Å². The van der Waals surface area contributed by atoms with Gasteiger partial charge in [0, 0.05) is 4.90 Å². The van der Waals surface area contributed by atoms with Crippen molar-refractivity contribution in [1.82, 2.24) is 0 Å². The number of thioether (sulfide) groups is 1. The summed E-state index contributed by atoms with van der Waals surface area (Å²) in [6.45, 7) is 1.71. The summed E-state index contributed by atoms with van der Waals surface area (Å²) in [6, 6.07) is 7.61. The minimum absolute atomic E-state index is 0.288. The summed E-state index contributed by atoms with van der Waals surface area (Å²) in [6.07, 6.45) is 1.50. The van der Waals surface area contributed by atoms with Crippen LogP contribution in [0.15, 0.2) is 29.2 Å². The third kappa shape index (κ3) is 2.46. The summed E-state index contributed by atoms with van der Waals surface area (Å²) in [5, 5.41) is 9.36. The molecule has 2 unspecified atom stereocenters. The second-order valence-corrected chi connectivity index (χ2v) is 3.86. The van der Waals surface area contributed by atoms with Gasteiger partial charge in [-0.3, -0.25) is 0 Å². The predicted octanol–water partition coefficient (Wildman–Crippen LogP) is 1.79. The lowest BCUT2D eigenvalue weighted by atomic mass is 10.0. The van der Waals surface area contributed by atoms with Crippen LogP contribution in [0.3, 0.4) is 0 Å². The molecule has 1 rings (SSSR count). The first kappa shape index (κ1) is 10.6. The van der Waals surface area contributed by atoms with Gasteiger partial charge in [0.05, 0.1) is 12.1 Å². The van der Waals surface area contributed by atoms with Crippen molar-refractivity contribution in [3.8, 4) is 0 Å². The van der Waals surface area contributed by atoms with E-state index in [1.165, 1.54) is 0 Å². The van der Waals surface area contributed by atoms with Gasteiger partial charge in [-0.2, -0.15) is 0 Å². The summed E-state index contributed by atoms with van der Waals surface area (Å²) >= 11 is 1.65. The van der Waals surface area contributed by atoms with E-state index in [2.05, 4.69) is 0 Å². The van der Waals surface area contributed by atoms with Gasteiger partial charge in [0.15, 0.2) is 0 Å². The third-order valence-corrected chi connectivity index (χ3v) is 2.83. The third-order valence-electron chi connectivity index (χ3n) is 2.02. The number of benzene rings is 1. The SMILES string of the molecule is CSc1ccccc1C(N)C(C)O. The van der Waals surface area contributed by atoms with Crippen LogP contribution >= 0.6 is 11.8 Å². The molecule has 0 saturated carbocycles. The van der Waals surface area contributed by atoms with Crippen molar-refractivity contribution >= 4 is 11.8 Å². The van der Waals surface area contributed by atoms with Crippen molar-refractivity contribution in [2.45, 2.75) is 24.0 Å². The van der Waals surface area contributed by atoms with Gasteiger partial charge in [-0.05, 0) is 24.8 Å². The van der Waals surface area contributed by atoms with E-state index in [-0.39, 0.29) is 6.04 Å². The molecule has 1 aromatic rings. The molecule has 0 radical (unpaired) electrons. The number of hydrogen-bond donors (Lipinski definition) is 2. The van der Waals surface area contributed by atoms with Gasteiger partial charge >= 0.3 is 0 Å². The van der Waals surface area contributed by atoms with Crippen LogP contribution in [-0.4, -0.2) is 17.5 Å². The molecule has 72 valence electrons. The number of rotatable bonds is 3. The summed E-state index contributed by atoms with van der Waals surface area (Å²) in [7, 11) is 0. The molecule has 2 nitrogen and oxygen atoms in total. The van der Waals surface area contributed by atoms with Gasteiger partial charge in [0.2, 0.25) is 0 Å². The Balaban J connectivity index is 2.98. The zero-order chi connectivity index (χ0) is 9.84. The largest absolute Gasteiger partial charge is 0.391 e. The Morgan fingerprint density at radius 2 is 2.00 bits per heavy atom. The Morgan fingerprint density at radius 3 is 2.54 bits per heavy atom. The number of nitrogens with two attached hydrogens (primary N) is 1. The summed E-state index contributed by atoms with van der Waals surface area (Å²) in [4.78, 5) is 1.14. The molecule has 2 atom stereocenters. The smallest absolute Gasteiger partial charge is 0.0705 e. The molecule has 1 aromatic carbocycles. The molecular formula is C10H15NOS. The Kier molecular flexibility index (Phi) is 3.78. The summed E-state index contributed by atoms with van der Waals surface area (Å²) in [5.41, 5.74) is 6.87. The van der Waals surface area contributed by atoms with Crippen LogP contribution < -0.4 is 5.73 Å². The van der Waals surface area contributed by atoms with Crippen molar-refractivity contribution in [1.29, 1.82) is 0 Å². The van der Waals surface area contributed by atoms with E-state index in [1.807, 2.05) is 30.5 Å². The molecule has 0 amide bonds. The fourth-order valence-corrected chi connectivity index (χ4v) is 1.86. The highest BCUT2D eigenvalue weighted by Gasteiger charge is 2.14. The maximum absolute atomic E-state index is 9.36. The number of hydrogen-bond acceptors (Lipinski definition) is 3. The maximum atomic E-state index is 9.36. The monoisotopic (exact) mass is 197 g/mol. The Bertz CT molecular complexity index is 275. The highest BCUT2D eigenvalue weighted by atomic mass is 32.2. The lowest BCUT2D eigenvalue weighted by molar-refractivity contribution is 0.163. The molecule has 0 aliphatic heterocycles. The van der Waals surface area contributed by atoms with Gasteiger partial charge in [0.1, 0.15) is 0 Å². The minimum Gasteiger partial charge on any atom is -0.391 e. The van der Waals surface area contributed by atoms with E-state index in [0.717, 1.165) is 10.5 Å². The van der Waals surface area contributed by atoms with Crippen molar-refractivity contribution in [3.05, 3.63) is 29.8 Å². The van der Waals surface area contributed by atoms with Gasteiger partial charge in [-0.25, -0.2) is 0 Å². The van der Waals surface area contributed by atoms with E-state index in [0.29, 0.717) is 0 Å².